The summed E-state index contributed by atoms with van der Waals surface area (Å²) in [5.41, 5.74) is 6.10. The predicted octanol–water partition coefficient (Wildman–Crippen LogP) is 1.98. The van der Waals surface area contributed by atoms with Crippen LogP contribution >= 0.6 is 0 Å². The number of aromatic nitrogens is 2. The highest BCUT2D eigenvalue weighted by Gasteiger charge is 2.08. The van der Waals surface area contributed by atoms with Crippen LogP contribution in [0.25, 0.3) is 0 Å². The first-order valence-electron chi connectivity index (χ1n) is 6.61. The van der Waals surface area contributed by atoms with Gasteiger partial charge < -0.3 is 15.0 Å². The molecule has 4 heteroatoms. The Labute approximate surface area is 104 Å². The Morgan fingerprint density at radius 3 is 3.00 bits per heavy atom. The van der Waals surface area contributed by atoms with Crippen LogP contribution in [-0.4, -0.2) is 28.8 Å². The van der Waals surface area contributed by atoms with E-state index in [-0.39, 0.29) is 6.04 Å². The average molecular weight is 239 g/mol. The van der Waals surface area contributed by atoms with E-state index in [9.17, 15) is 0 Å². The molecule has 0 saturated heterocycles. The SMILES string of the molecule is CCCn1ccnc1CC(N)CCCOCC. The van der Waals surface area contributed by atoms with Gasteiger partial charge in [-0.05, 0) is 26.2 Å². The number of ether oxygens (including phenoxy) is 1. The molecule has 0 fully saturated rings. The van der Waals surface area contributed by atoms with Gasteiger partial charge in [0.05, 0.1) is 0 Å². The van der Waals surface area contributed by atoms with Gasteiger partial charge in [0.15, 0.2) is 0 Å². The molecule has 4 nitrogen and oxygen atoms in total. The van der Waals surface area contributed by atoms with Gasteiger partial charge in [-0.3, -0.25) is 0 Å². The van der Waals surface area contributed by atoms with Crippen molar-refractivity contribution in [3.63, 3.8) is 0 Å². The standard InChI is InChI=1S/C13H25N3O/c1-3-8-16-9-7-15-13(16)11-12(14)6-5-10-17-4-2/h7,9,12H,3-6,8,10-11,14H2,1-2H3. The molecule has 0 aliphatic rings. The van der Waals surface area contributed by atoms with Crippen molar-refractivity contribution in [3.05, 3.63) is 18.2 Å². The fourth-order valence-corrected chi connectivity index (χ4v) is 1.90. The Hall–Kier alpha value is -0.870. The Bertz CT molecular complexity index is 299. The molecule has 0 bridgehead atoms. The molecule has 17 heavy (non-hydrogen) atoms. The summed E-state index contributed by atoms with van der Waals surface area (Å²) in [5.74, 6) is 1.11. The van der Waals surface area contributed by atoms with Gasteiger partial charge in [-0.1, -0.05) is 6.92 Å². The molecular formula is C13H25N3O. The molecule has 1 atom stereocenters. The zero-order chi connectivity index (χ0) is 12.5. The lowest BCUT2D eigenvalue weighted by Crippen LogP contribution is -2.25. The van der Waals surface area contributed by atoms with Gasteiger partial charge in [-0.15, -0.1) is 0 Å². The number of imidazole rings is 1. The van der Waals surface area contributed by atoms with Crippen molar-refractivity contribution in [1.29, 1.82) is 0 Å². The molecule has 98 valence electrons. The van der Waals surface area contributed by atoms with E-state index in [1.807, 2.05) is 19.3 Å². The third kappa shape index (κ3) is 5.33. The minimum atomic E-state index is 0.188. The maximum Gasteiger partial charge on any atom is 0.110 e. The number of hydrogen-bond donors (Lipinski definition) is 1. The summed E-state index contributed by atoms with van der Waals surface area (Å²) in [7, 11) is 0. The van der Waals surface area contributed by atoms with E-state index in [1.165, 1.54) is 0 Å². The summed E-state index contributed by atoms with van der Waals surface area (Å²) in [6, 6.07) is 0.188. The lowest BCUT2D eigenvalue weighted by molar-refractivity contribution is 0.142. The first kappa shape index (κ1) is 14.2. The first-order chi connectivity index (χ1) is 8.27. The Morgan fingerprint density at radius 2 is 2.29 bits per heavy atom. The van der Waals surface area contributed by atoms with Crippen LogP contribution in [0.1, 0.15) is 38.9 Å². The molecule has 0 amide bonds. The Morgan fingerprint density at radius 1 is 1.47 bits per heavy atom. The van der Waals surface area contributed by atoms with Crippen molar-refractivity contribution >= 4 is 0 Å². The molecule has 0 saturated carbocycles. The maximum atomic E-state index is 6.10. The quantitative estimate of drug-likeness (QED) is 0.670. The van der Waals surface area contributed by atoms with E-state index in [1.54, 1.807) is 0 Å². The average Bonchev–Trinajstić information content (AvgIpc) is 2.73. The third-order valence-electron chi connectivity index (χ3n) is 2.78. The van der Waals surface area contributed by atoms with Gasteiger partial charge in [0.1, 0.15) is 5.82 Å². The summed E-state index contributed by atoms with van der Waals surface area (Å²) in [4.78, 5) is 4.37. The predicted molar refractivity (Wildman–Crippen MR) is 69.9 cm³/mol. The first-order valence-corrected chi connectivity index (χ1v) is 6.61. The molecule has 1 unspecified atom stereocenters. The smallest absolute Gasteiger partial charge is 0.110 e. The van der Waals surface area contributed by atoms with E-state index < -0.39 is 0 Å². The van der Waals surface area contributed by atoms with Gasteiger partial charge >= 0.3 is 0 Å². The van der Waals surface area contributed by atoms with Gasteiger partial charge in [0.2, 0.25) is 0 Å². The summed E-state index contributed by atoms with van der Waals surface area (Å²) >= 11 is 0. The van der Waals surface area contributed by atoms with Crippen LogP contribution in [-0.2, 0) is 17.7 Å². The lowest BCUT2D eigenvalue weighted by atomic mass is 10.1. The molecule has 0 aliphatic heterocycles. The highest BCUT2D eigenvalue weighted by Crippen LogP contribution is 2.06. The summed E-state index contributed by atoms with van der Waals surface area (Å²) in [5, 5.41) is 0. The monoisotopic (exact) mass is 239 g/mol. The number of nitrogens with two attached hydrogens (primary N) is 1. The number of nitrogens with zero attached hydrogens (tertiary/aromatic N) is 2. The van der Waals surface area contributed by atoms with Crippen LogP contribution in [0.15, 0.2) is 12.4 Å². The third-order valence-corrected chi connectivity index (χ3v) is 2.78. The van der Waals surface area contributed by atoms with Gasteiger partial charge in [-0.2, -0.15) is 0 Å². The summed E-state index contributed by atoms with van der Waals surface area (Å²) in [6.07, 6.45) is 7.91. The molecule has 0 spiro atoms. The molecule has 2 N–H and O–H groups in total. The van der Waals surface area contributed by atoms with Crippen LogP contribution in [0.2, 0.25) is 0 Å². The molecule has 1 aromatic rings. The molecule has 1 aromatic heterocycles. The van der Waals surface area contributed by atoms with E-state index in [0.29, 0.717) is 0 Å². The molecule has 0 radical (unpaired) electrons. The minimum Gasteiger partial charge on any atom is -0.382 e. The fourth-order valence-electron chi connectivity index (χ4n) is 1.90. The van der Waals surface area contributed by atoms with Gasteiger partial charge in [0.25, 0.3) is 0 Å². The van der Waals surface area contributed by atoms with Crippen molar-refractivity contribution in [3.8, 4) is 0 Å². The molecule has 1 heterocycles. The van der Waals surface area contributed by atoms with E-state index in [0.717, 1.165) is 51.3 Å². The minimum absolute atomic E-state index is 0.188. The maximum absolute atomic E-state index is 6.10. The zero-order valence-corrected chi connectivity index (χ0v) is 11.1. The summed E-state index contributed by atoms with van der Waals surface area (Å²) < 4.78 is 7.50. The van der Waals surface area contributed by atoms with Crippen LogP contribution in [0.3, 0.4) is 0 Å². The largest absolute Gasteiger partial charge is 0.382 e. The highest BCUT2D eigenvalue weighted by molar-refractivity contribution is 4.95. The Kier molecular flexibility index (Phi) is 6.89. The van der Waals surface area contributed by atoms with Crippen molar-refractivity contribution in [2.45, 2.75) is 52.1 Å². The number of rotatable bonds is 9. The second-order valence-corrected chi connectivity index (χ2v) is 4.34. The zero-order valence-electron chi connectivity index (χ0n) is 11.1. The van der Waals surface area contributed by atoms with Gasteiger partial charge in [0, 0.05) is 44.6 Å². The van der Waals surface area contributed by atoms with E-state index in [4.69, 9.17) is 10.5 Å². The van der Waals surface area contributed by atoms with Crippen molar-refractivity contribution in [2.75, 3.05) is 13.2 Å². The number of hydrogen-bond acceptors (Lipinski definition) is 3. The second kappa shape index (κ2) is 8.25. The van der Waals surface area contributed by atoms with E-state index in [2.05, 4.69) is 16.5 Å². The number of aryl methyl sites for hydroxylation is 1. The lowest BCUT2D eigenvalue weighted by Gasteiger charge is -2.12. The Balaban J connectivity index is 2.29. The molecule has 0 aliphatic carbocycles. The van der Waals surface area contributed by atoms with Crippen molar-refractivity contribution < 1.29 is 4.74 Å². The molecule has 0 aromatic carbocycles. The van der Waals surface area contributed by atoms with Crippen molar-refractivity contribution in [1.82, 2.24) is 9.55 Å². The summed E-state index contributed by atoms with van der Waals surface area (Å²) in [6.45, 7) is 6.82. The van der Waals surface area contributed by atoms with Crippen LogP contribution in [0.4, 0.5) is 0 Å². The fraction of sp³-hybridized carbons (Fsp3) is 0.769. The van der Waals surface area contributed by atoms with E-state index >= 15 is 0 Å². The van der Waals surface area contributed by atoms with Crippen molar-refractivity contribution in [2.24, 2.45) is 5.73 Å². The van der Waals surface area contributed by atoms with Gasteiger partial charge in [-0.25, -0.2) is 4.98 Å². The van der Waals surface area contributed by atoms with Crippen LogP contribution < -0.4 is 5.73 Å². The van der Waals surface area contributed by atoms with Crippen LogP contribution in [0, 0.1) is 0 Å². The van der Waals surface area contributed by atoms with Crippen LogP contribution in [0.5, 0.6) is 0 Å². The normalized spacial score (nSPS) is 12.9. The second-order valence-electron chi connectivity index (χ2n) is 4.34. The highest BCUT2D eigenvalue weighted by atomic mass is 16.5. The molecular weight excluding hydrogens is 214 g/mol. The molecule has 1 rings (SSSR count). The topological polar surface area (TPSA) is 53.1 Å².